The van der Waals surface area contributed by atoms with Crippen LogP contribution in [0.3, 0.4) is 0 Å². The van der Waals surface area contributed by atoms with Gasteiger partial charge in [0.15, 0.2) is 0 Å². The zero-order valence-corrected chi connectivity index (χ0v) is 9.83. The smallest absolute Gasteiger partial charge is 0.234 e. The number of carbonyl (C=O) groups is 1. The van der Waals surface area contributed by atoms with Gasteiger partial charge in [-0.2, -0.15) is 0 Å². The Morgan fingerprint density at radius 3 is 2.27 bits per heavy atom. The van der Waals surface area contributed by atoms with Gasteiger partial charge in [0.2, 0.25) is 5.91 Å². The highest BCUT2D eigenvalue weighted by Crippen LogP contribution is 2.29. The first-order valence-electron chi connectivity index (χ1n) is 5.78. The van der Waals surface area contributed by atoms with Crippen LogP contribution in [-0.4, -0.2) is 31.6 Å². The molecule has 15 heavy (non-hydrogen) atoms. The zero-order valence-electron chi connectivity index (χ0n) is 9.83. The van der Waals surface area contributed by atoms with Gasteiger partial charge in [-0.1, -0.05) is 0 Å². The van der Waals surface area contributed by atoms with E-state index in [1.54, 1.807) is 5.01 Å². The number of rotatable bonds is 4. The minimum atomic E-state index is 0.135. The van der Waals surface area contributed by atoms with Crippen LogP contribution in [0.2, 0.25) is 0 Å². The fourth-order valence-corrected chi connectivity index (χ4v) is 2.23. The minimum Gasteiger partial charge on any atom is -0.330 e. The third-order valence-corrected chi connectivity index (χ3v) is 3.12. The molecule has 1 saturated carbocycles. The van der Waals surface area contributed by atoms with Crippen molar-refractivity contribution >= 4 is 5.91 Å². The van der Waals surface area contributed by atoms with Crippen molar-refractivity contribution in [1.29, 1.82) is 0 Å². The molecule has 1 fully saturated rings. The fraction of sp³-hybridized carbons (Fsp3) is 0.909. The lowest BCUT2D eigenvalue weighted by atomic mass is 9.80. The van der Waals surface area contributed by atoms with E-state index in [1.807, 2.05) is 14.1 Å². The van der Waals surface area contributed by atoms with Crippen molar-refractivity contribution in [3.8, 4) is 0 Å². The second-order valence-electron chi connectivity index (χ2n) is 4.76. The Bertz CT molecular complexity index is 198. The van der Waals surface area contributed by atoms with E-state index in [-0.39, 0.29) is 5.91 Å². The minimum absolute atomic E-state index is 0.135. The van der Waals surface area contributed by atoms with E-state index >= 15 is 0 Å². The summed E-state index contributed by atoms with van der Waals surface area (Å²) in [4.78, 5) is 11.5. The van der Waals surface area contributed by atoms with Crippen molar-refractivity contribution in [2.24, 2.45) is 17.6 Å². The summed E-state index contributed by atoms with van der Waals surface area (Å²) in [5.74, 6) is 1.39. The third-order valence-electron chi connectivity index (χ3n) is 3.12. The molecule has 0 aromatic rings. The monoisotopic (exact) mass is 213 g/mol. The van der Waals surface area contributed by atoms with Crippen molar-refractivity contribution < 1.29 is 4.79 Å². The third kappa shape index (κ3) is 4.62. The number of nitrogens with one attached hydrogen (secondary N) is 1. The molecule has 0 aromatic carbocycles. The zero-order chi connectivity index (χ0) is 11.3. The molecule has 0 unspecified atom stereocenters. The summed E-state index contributed by atoms with van der Waals surface area (Å²) in [6, 6.07) is 0. The Balaban J connectivity index is 2.20. The van der Waals surface area contributed by atoms with E-state index in [0.717, 1.165) is 19.4 Å². The average Bonchev–Trinajstić information content (AvgIpc) is 2.17. The largest absolute Gasteiger partial charge is 0.330 e. The van der Waals surface area contributed by atoms with Gasteiger partial charge in [0.25, 0.3) is 0 Å². The Kier molecular flexibility index (Phi) is 5.05. The maximum absolute atomic E-state index is 11.5. The number of hydrogen-bond donors (Lipinski definition) is 2. The van der Waals surface area contributed by atoms with Crippen LogP contribution in [0.4, 0.5) is 0 Å². The van der Waals surface area contributed by atoms with Gasteiger partial charge in [0, 0.05) is 20.5 Å². The standard InChI is InChI=1S/C11H23N3O/c1-14(2)13-11(15)7-9-3-5-10(8-12)6-4-9/h9-10H,3-8,12H2,1-2H3,(H,13,15). The van der Waals surface area contributed by atoms with Crippen LogP contribution in [0.1, 0.15) is 32.1 Å². The van der Waals surface area contributed by atoms with E-state index in [0.29, 0.717) is 18.3 Å². The van der Waals surface area contributed by atoms with E-state index in [9.17, 15) is 4.79 Å². The van der Waals surface area contributed by atoms with Gasteiger partial charge in [-0.25, -0.2) is 5.01 Å². The second kappa shape index (κ2) is 6.08. The lowest BCUT2D eigenvalue weighted by Gasteiger charge is -2.27. The fourth-order valence-electron chi connectivity index (χ4n) is 2.23. The second-order valence-corrected chi connectivity index (χ2v) is 4.76. The van der Waals surface area contributed by atoms with Gasteiger partial charge in [0.1, 0.15) is 0 Å². The molecule has 1 aliphatic rings. The topological polar surface area (TPSA) is 58.4 Å². The predicted molar refractivity (Wildman–Crippen MR) is 60.9 cm³/mol. The van der Waals surface area contributed by atoms with Crippen molar-refractivity contribution in [2.45, 2.75) is 32.1 Å². The summed E-state index contributed by atoms with van der Waals surface area (Å²) in [6.45, 7) is 0.802. The molecule has 0 aromatic heterocycles. The number of amides is 1. The van der Waals surface area contributed by atoms with E-state index in [1.165, 1.54) is 12.8 Å². The lowest BCUT2D eigenvalue weighted by molar-refractivity contribution is -0.126. The van der Waals surface area contributed by atoms with Crippen LogP contribution < -0.4 is 11.2 Å². The summed E-state index contributed by atoms with van der Waals surface area (Å²) in [6.07, 6.45) is 5.35. The molecule has 0 saturated heterocycles. The van der Waals surface area contributed by atoms with Crippen molar-refractivity contribution in [1.82, 2.24) is 10.4 Å². The van der Waals surface area contributed by atoms with Crippen LogP contribution in [0.5, 0.6) is 0 Å². The van der Waals surface area contributed by atoms with Crippen molar-refractivity contribution in [3.63, 3.8) is 0 Å². The Morgan fingerprint density at radius 2 is 1.80 bits per heavy atom. The molecule has 4 heteroatoms. The number of hydrazine groups is 1. The molecular formula is C11H23N3O. The first-order valence-corrected chi connectivity index (χ1v) is 5.78. The molecular weight excluding hydrogens is 190 g/mol. The normalized spacial score (nSPS) is 26.7. The molecule has 0 heterocycles. The van der Waals surface area contributed by atoms with Gasteiger partial charge >= 0.3 is 0 Å². The molecule has 4 nitrogen and oxygen atoms in total. The first-order chi connectivity index (χ1) is 7.11. The van der Waals surface area contributed by atoms with Crippen LogP contribution in [0, 0.1) is 11.8 Å². The maximum atomic E-state index is 11.5. The van der Waals surface area contributed by atoms with Crippen molar-refractivity contribution in [2.75, 3.05) is 20.6 Å². The molecule has 0 aliphatic heterocycles. The molecule has 0 bridgehead atoms. The summed E-state index contributed by atoms with van der Waals surface area (Å²) in [5.41, 5.74) is 8.41. The highest BCUT2D eigenvalue weighted by atomic mass is 16.2. The van der Waals surface area contributed by atoms with E-state index in [4.69, 9.17) is 5.73 Å². The average molecular weight is 213 g/mol. The summed E-state index contributed by atoms with van der Waals surface area (Å²) in [7, 11) is 3.67. The maximum Gasteiger partial charge on any atom is 0.234 e. The van der Waals surface area contributed by atoms with Gasteiger partial charge in [-0.05, 0) is 44.1 Å². The highest BCUT2D eigenvalue weighted by Gasteiger charge is 2.22. The van der Waals surface area contributed by atoms with E-state index < -0.39 is 0 Å². The number of nitrogens with zero attached hydrogens (tertiary/aromatic N) is 1. The first kappa shape index (κ1) is 12.5. The molecule has 0 atom stereocenters. The molecule has 3 N–H and O–H groups in total. The van der Waals surface area contributed by atoms with Crippen LogP contribution in [0.15, 0.2) is 0 Å². The van der Waals surface area contributed by atoms with Gasteiger partial charge in [-0.3, -0.25) is 10.2 Å². The summed E-state index contributed by atoms with van der Waals surface area (Å²) >= 11 is 0. The molecule has 1 amide bonds. The molecule has 1 aliphatic carbocycles. The Morgan fingerprint density at radius 1 is 1.27 bits per heavy atom. The van der Waals surface area contributed by atoms with Gasteiger partial charge < -0.3 is 5.73 Å². The van der Waals surface area contributed by atoms with Crippen molar-refractivity contribution in [3.05, 3.63) is 0 Å². The summed E-state index contributed by atoms with van der Waals surface area (Å²) < 4.78 is 0. The molecule has 0 radical (unpaired) electrons. The number of nitrogens with two attached hydrogens (primary N) is 1. The molecule has 88 valence electrons. The van der Waals surface area contributed by atoms with Crippen LogP contribution >= 0.6 is 0 Å². The molecule has 1 rings (SSSR count). The van der Waals surface area contributed by atoms with Gasteiger partial charge in [-0.15, -0.1) is 0 Å². The predicted octanol–water partition coefficient (Wildman–Crippen LogP) is 0.734. The van der Waals surface area contributed by atoms with E-state index in [2.05, 4.69) is 5.43 Å². The highest BCUT2D eigenvalue weighted by molar-refractivity contribution is 5.75. The quantitative estimate of drug-likeness (QED) is 0.677. The SMILES string of the molecule is CN(C)NC(=O)CC1CCC(CN)CC1. The van der Waals surface area contributed by atoms with Crippen LogP contribution in [0.25, 0.3) is 0 Å². The Hall–Kier alpha value is -0.610. The Labute approximate surface area is 92.2 Å². The lowest BCUT2D eigenvalue weighted by Crippen LogP contribution is -2.37. The molecule has 0 spiro atoms. The number of carbonyl (C=O) groups excluding carboxylic acids is 1. The summed E-state index contributed by atoms with van der Waals surface area (Å²) in [5, 5.41) is 1.70. The van der Waals surface area contributed by atoms with Gasteiger partial charge in [0.05, 0.1) is 0 Å². The number of hydrogen-bond acceptors (Lipinski definition) is 3. The van der Waals surface area contributed by atoms with Crippen LogP contribution in [-0.2, 0) is 4.79 Å².